The van der Waals surface area contributed by atoms with Crippen molar-refractivity contribution in [2.24, 2.45) is 0 Å². The summed E-state index contributed by atoms with van der Waals surface area (Å²) in [6.45, 7) is 0.0251. The average molecular weight is 371 g/mol. The predicted octanol–water partition coefficient (Wildman–Crippen LogP) is 2.97. The summed E-state index contributed by atoms with van der Waals surface area (Å²) in [4.78, 5) is 24.1. The zero-order valence-corrected chi connectivity index (χ0v) is 12.3. The fourth-order valence-corrected chi connectivity index (χ4v) is 2.39. The van der Waals surface area contributed by atoms with Crippen LogP contribution >= 0.6 is 33.9 Å². The predicted molar refractivity (Wildman–Crippen MR) is 80.1 cm³/mol. The molecular weight excluding hydrogens is 361 g/mol. The van der Waals surface area contributed by atoms with Crippen molar-refractivity contribution in [2.45, 2.75) is 0 Å². The maximum atomic E-state index is 11.8. The van der Waals surface area contributed by atoms with Crippen molar-refractivity contribution in [2.75, 3.05) is 6.54 Å². The van der Waals surface area contributed by atoms with E-state index in [0.29, 0.717) is 10.4 Å². The summed E-state index contributed by atoms with van der Waals surface area (Å²) in [6.07, 6.45) is 0. The molecule has 0 spiro atoms. The molecule has 0 radical (unpaired) electrons. The molecule has 1 N–H and O–H groups in total. The van der Waals surface area contributed by atoms with Crippen molar-refractivity contribution < 1.29 is 9.59 Å². The number of hydrogen-bond acceptors (Lipinski definition) is 3. The number of nitrogens with one attached hydrogen (secondary N) is 1. The lowest BCUT2D eigenvalue weighted by Crippen LogP contribution is -2.28. The van der Waals surface area contributed by atoms with Crippen LogP contribution in [0.5, 0.6) is 0 Å². The van der Waals surface area contributed by atoms with E-state index >= 15 is 0 Å². The SMILES string of the molecule is O=C(CNC(=O)c1cccs1)c1ccc(I)cc1. The quantitative estimate of drug-likeness (QED) is 0.664. The van der Waals surface area contributed by atoms with Crippen molar-refractivity contribution in [3.63, 3.8) is 0 Å². The molecule has 0 saturated carbocycles. The van der Waals surface area contributed by atoms with Gasteiger partial charge in [0.05, 0.1) is 11.4 Å². The zero-order valence-electron chi connectivity index (χ0n) is 9.35. The molecule has 3 nitrogen and oxygen atoms in total. The van der Waals surface area contributed by atoms with Gasteiger partial charge in [0.25, 0.3) is 5.91 Å². The summed E-state index contributed by atoms with van der Waals surface area (Å²) in [7, 11) is 0. The average Bonchev–Trinajstić information content (AvgIpc) is 2.90. The fourth-order valence-electron chi connectivity index (χ4n) is 1.39. The zero-order chi connectivity index (χ0) is 13.0. The van der Waals surface area contributed by atoms with Gasteiger partial charge in [0.1, 0.15) is 0 Å². The van der Waals surface area contributed by atoms with Crippen LogP contribution in [0.3, 0.4) is 0 Å². The third-order valence-corrected chi connectivity index (χ3v) is 3.91. The van der Waals surface area contributed by atoms with Gasteiger partial charge < -0.3 is 5.32 Å². The third-order valence-electron chi connectivity index (χ3n) is 2.32. The van der Waals surface area contributed by atoms with Crippen LogP contribution in [0.4, 0.5) is 0 Å². The number of benzene rings is 1. The molecule has 1 aromatic carbocycles. The van der Waals surface area contributed by atoms with E-state index in [1.807, 2.05) is 17.5 Å². The molecule has 0 aliphatic carbocycles. The number of amides is 1. The summed E-state index contributed by atoms with van der Waals surface area (Å²) < 4.78 is 1.08. The molecule has 0 saturated heterocycles. The number of hydrogen-bond donors (Lipinski definition) is 1. The minimum absolute atomic E-state index is 0.0251. The van der Waals surface area contributed by atoms with Gasteiger partial charge in [-0.3, -0.25) is 9.59 Å². The molecule has 92 valence electrons. The first-order valence-electron chi connectivity index (χ1n) is 5.27. The second-order valence-corrected chi connectivity index (χ2v) is 5.78. The molecule has 1 heterocycles. The number of carbonyl (C=O) groups is 2. The minimum Gasteiger partial charge on any atom is -0.344 e. The molecule has 18 heavy (non-hydrogen) atoms. The Bertz CT molecular complexity index is 549. The van der Waals surface area contributed by atoms with E-state index < -0.39 is 0 Å². The van der Waals surface area contributed by atoms with E-state index in [4.69, 9.17) is 0 Å². The van der Waals surface area contributed by atoms with Gasteiger partial charge in [0, 0.05) is 9.13 Å². The molecule has 5 heteroatoms. The van der Waals surface area contributed by atoms with E-state index in [9.17, 15) is 9.59 Å². The van der Waals surface area contributed by atoms with Crippen LogP contribution in [0.15, 0.2) is 41.8 Å². The molecule has 0 bridgehead atoms. The number of halogens is 1. The number of ketones is 1. The largest absolute Gasteiger partial charge is 0.344 e. The van der Waals surface area contributed by atoms with Gasteiger partial charge in [-0.05, 0) is 46.2 Å². The van der Waals surface area contributed by atoms with Gasteiger partial charge in [-0.1, -0.05) is 18.2 Å². The topological polar surface area (TPSA) is 46.2 Å². The molecule has 0 atom stereocenters. The van der Waals surface area contributed by atoms with Crippen LogP contribution in [0.2, 0.25) is 0 Å². The van der Waals surface area contributed by atoms with Crippen molar-refractivity contribution in [1.82, 2.24) is 5.32 Å². The van der Waals surface area contributed by atoms with Crippen LogP contribution in [-0.4, -0.2) is 18.2 Å². The maximum absolute atomic E-state index is 11.8. The highest BCUT2D eigenvalue weighted by Crippen LogP contribution is 2.09. The minimum atomic E-state index is -0.205. The van der Waals surface area contributed by atoms with Crippen molar-refractivity contribution in [3.05, 3.63) is 55.8 Å². The molecule has 2 rings (SSSR count). The van der Waals surface area contributed by atoms with E-state index in [1.54, 1.807) is 24.3 Å². The lowest BCUT2D eigenvalue weighted by molar-refractivity contribution is 0.0906. The molecular formula is C13H10INO2S. The molecule has 1 aromatic heterocycles. The summed E-state index contributed by atoms with van der Waals surface area (Å²) in [5, 5.41) is 4.45. The Labute approximate surface area is 122 Å². The Balaban J connectivity index is 1.92. The first-order chi connectivity index (χ1) is 8.66. The molecule has 1 amide bonds. The number of carbonyl (C=O) groups excluding carboxylic acids is 2. The summed E-state index contributed by atoms with van der Waals surface area (Å²) in [5.41, 5.74) is 0.613. The maximum Gasteiger partial charge on any atom is 0.261 e. The van der Waals surface area contributed by atoms with E-state index in [1.165, 1.54) is 11.3 Å². The van der Waals surface area contributed by atoms with Gasteiger partial charge in [-0.15, -0.1) is 11.3 Å². The summed E-state index contributed by atoms with van der Waals surface area (Å²) >= 11 is 3.54. The molecule has 0 aliphatic rings. The lowest BCUT2D eigenvalue weighted by atomic mass is 10.1. The van der Waals surface area contributed by atoms with Gasteiger partial charge in [0.15, 0.2) is 5.78 Å². The van der Waals surface area contributed by atoms with Crippen LogP contribution in [0.25, 0.3) is 0 Å². The smallest absolute Gasteiger partial charge is 0.261 e. The van der Waals surface area contributed by atoms with E-state index in [0.717, 1.165) is 3.57 Å². The Morgan fingerprint density at radius 1 is 1.17 bits per heavy atom. The molecule has 0 unspecified atom stereocenters. The normalized spacial score (nSPS) is 10.1. The Morgan fingerprint density at radius 3 is 2.50 bits per heavy atom. The van der Waals surface area contributed by atoms with Crippen LogP contribution in [-0.2, 0) is 0 Å². The Hall–Kier alpha value is -1.21. The molecule has 0 aliphatic heterocycles. The monoisotopic (exact) mass is 371 g/mol. The number of rotatable bonds is 4. The first kappa shape index (κ1) is 13.2. The summed E-state index contributed by atoms with van der Waals surface area (Å²) in [5.74, 6) is -0.292. The molecule has 2 aromatic rings. The highest BCUT2D eigenvalue weighted by molar-refractivity contribution is 14.1. The van der Waals surface area contributed by atoms with Crippen LogP contribution < -0.4 is 5.32 Å². The van der Waals surface area contributed by atoms with Gasteiger partial charge in [-0.2, -0.15) is 0 Å². The van der Waals surface area contributed by atoms with E-state index in [2.05, 4.69) is 27.9 Å². The van der Waals surface area contributed by atoms with Crippen molar-refractivity contribution in [1.29, 1.82) is 0 Å². The second kappa shape index (κ2) is 6.10. The molecule has 0 fully saturated rings. The van der Waals surface area contributed by atoms with Crippen molar-refractivity contribution >= 4 is 45.6 Å². The second-order valence-electron chi connectivity index (χ2n) is 3.59. The first-order valence-corrected chi connectivity index (χ1v) is 7.23. The highest BCUT2D eigenvalue weighted by atomic mass is 127. The Morgan fingerprint density at radius 2 is 1.89 bits per heavy atom. The highest BCUT2D eigenvalue weighted by Gasteiger charge is 2.10. The standard InChI is InChI=1S/C13H10INO2S/c14-10-5-3-9(4-6-10)11(16)8-15-13(17)12-2-1-7-18-12/h1-7H,8H2,(H,15,17). The van der Waals surface area contributed by atoms with Gasteiger partial charge in [0.2, 0.25) is 0 Å². The van der Waals surface area contributed by atoms with E-state index in [-0.39, 0.29) is 18.2 Å². The van der Waals surface area contributed by atoms with Crippen LogP contribution in [0, 0.1) is 3.57 Å². The van der Waals surface area contributed by atoms with Gasteiger partial charge >= 0.3 is 0 Å². The summed E-state index contributed by atoms with van der Waals surface area (Å²) in [6, 6.07) is 10.8. The lowest BCUT2D eigenvalue weighted by Gasteiger charge is -2.03. The van der Waals surface area contributed by atoms with Gasteiger partial charge in [-0.25, -0.2) is 0 Å². The third kappa shape index (κ3) is 3.39. The fraction of sp³-hybridized carbons (Fsp3) is 0.0769. The van der Waals surface area contributed by atoms with Crippen molar-refractivity contribution in [3.8, 4) is 0 Å². The number of thiophene rings is 1. The Kier molecular flexibility index (Phi) is 4.48. The number of Topliss-reactive ketones (excluding diaryl/α,β-unsaturated/α-hetero) is 1. The van der Waals surface area contributed by atoms with Crippen LogP contribution in [0.1, 0.15) is 20.0 Å².